The van der Waals surface area contributed by atoms with Crippen LogP contribution in [0, 0.1) is 0 Å². The Bertz CT molecular complexity index is 524. The molecule has 1 amide bonds. The lowest BCUT2D eigenvalue weighted by Crippen LogP contribution is -2.32. The van der Waals surface area contributed by atoms with Gasteiger partial charge in [0, 0.05) is 25.1 Å². The second kappa shape index (κ2) is 7.70. The standard InChI is InChI=1S/C16H22N2O3.ClH/c1-17-8-7-15(19)18-9-3-5-13(18)12-4-2-6-14-16(12)21-11-10-20-14;/h2,4,6,13,17H,3,5,7-11H2,1H3;1H. The number of rotatable bonds is 4. The van der Waals surface area contributed by atoms with Crippen LogP contribution in [-0.4, -0.2) is 44.2 Å². The molecular weight excluding hydrogens is 304 g/mol. The van der Waals surface area contributed by atoms with Crippen LogP contribution < -0.4 is 14.8 Å². The first-order valence-electron chi connectivity index (χ1n) is 7.64. The summed E-state index contributed by atoms with van der Waals surface area (Å²) in [5.74, 6) is 1.83. The van der Waals surface area contributed by atoms with Crippen LogP contribution in [0.15, 0.2) is 18.2 Å². The molecular formula is C16H23ClN2O3. The molecule has 0 bridgehead atoms. The van der Waals surface area contributed by atoms with E-state index >= 15 is 0 Å². The van der Waals surface area contributed by atoms with Gasteiger partial charge in [0.15, 0.2) is 11.5 Å². The Morgan fingerprint density at radius 2 is 2.18 bits per heavy atom. The first-order valence-corrected chi connectivity index (χ1v) is 7.64. The summed E-state index contributed by atoms with van der Waals surface area (Å²) in [6.45, 7) is 2.71. The van der Waals surface area contributed by atoms with Crippen molar-refractivity contribution in [2.75, 3.05) is 33.4 Å². The lowest BCUT2D eigenvalue weighted by Gasteiger charge is -2.29. The number of hydrogen-bond donors (Lipinski definition) is 1. The first-order chi connectivity index (χ1) is 10.3. The van der Waals surface area contributed by atoms with E-state index in [-0.39, 0.29) is 24.4 Å². The molecule has 122 valence electrons. The number of fused-ring (bicyclic) bond motifs is 1. The van der Waals surface area contributed by atoms with E-state index in [0.29, 0.717) is 26.2 Å². The van der Waals surface area contributed by atoms with Crippen molar-refractivity contribution in [3.8, 4) is 11.5 Å². The SMILES string of the molecule is CNCCC(=O)N1CCCC1c1cccc2c1OCCO2.Cl. The van der Waals surface area contributed by atoms with Crippen LogP contribution in [0.1, 0.15) is 30.9 Å². The fourth-order valence-corrected chi connectivity index (χ4v) is 3.12. The molecule has 1 unspecified atom stereocenters. The van der Waals surface area contributed by atoms with Crippen molar-refractivity contribution in [3.63, 3.8) is 0 Å². The minimum Gasteiger partial charge on any atom is -0.486 e. The van der Waals surface area contributed by atoms with Gasteiger partial charge in [-0.2, -0.15) is 0 Å². The van der Waals surface area contributed by atoms with Crippen molar-refractivity contribution in [1.29, 1.82) is 0 Å². The molecule has 0 saturated carbocycles. The van der Waals surface area contributed by atoms with Crippen LogP contribution in [0.5, 0.6) is 11.5 Å². The van der Waals surface area contributed by atoms with E-state index in [9.17, 15) is 4.79 Å². The highest BCUT2D eigenvalue weighted by atomic mass is 35.5. The third-order valence-electron chi connectivity index (χ3n) is 4.12. The maximum Gasteiger partial charge on any atom is 0.224 e. The number of nitrogens with one attached hydrogen (secondary N) is 1. The highest BCUT2D eigenvalue weighted by Crippen LogP contribution is 2.42. The average molecular weight is 327 g/mol. The van der Waals surface area contributed by atoms with Crippen molar-refractivity contribution in [2.24, 2.45) is 0 Å². The summed E-state index contributed by atoms with van der Waals surface area (Å²) in [5.41, 5.74) is 1.09. The number of benzene rings is 1. The smallest absolute Gasteiger partial charge is 0.224 e. The van der Waals surface area contributed by atoms with Crippen molar-refractivity contribution in [2.45, 2.75) is 25.3 Å². The van der Waals surface area contributed by atoms with Crippen LogP contribution in [0.2, 0.25) is 0 Å². The van der Waals surface area contributed by atoms with E-state index in [1.807, 2.05) is 24.1 Å². The summed E-state index contributed by atoms with van der Waals surface area (Å²) in [6, 6.07) is 6.09. The van der Waals surface area contributed by atoms with Gasteiger partial charge in [-0.1, -0.05) is 12.1 Å². The number of amides is 1. The fraction of sp³-hybridized carbons (Fsp3) is 0.562. The molecule has 1 saturated heterocycles. The minimum atomic E-state index is 0. The van der Waals surface area contributed by atoms with Gasteiger partial charge in [-0.3, -0.25) is 4.79 Å². The zero-order valence-corrected chi connectivity index (χ0v) is 13.7. The molecule has 2 heterocycles. The maximum atomic E-state index is 12.4. The Kier molecular flexibility index (Phi) is 5.91. The molecule has 0 spiro atoms. The van der Waals surface area contributed by atoms with E-state index < -0.39 is 0 Å². The number of likely N-dealkylation sites (tertiary alicyclic amines) is 1. The van der Waals surface area contributed by atoms with Gasteiger partial charge >= 0.3 is 0 Å². The summed E-state index contributed by atoms with van der Waals surface area (Å²) >= 11 is 0. The van der Waals surface area contributed by atoms with Crippen LogP contribution in [-0.2, 0) is 4.79 Å². The Morgan fingerprint density at radius 1 is 1.36 bits per heavy atom. The van der Waals surface area contributed by atoms with Gasteiger partial charge < -0.3 is 19.7 Å². The van der Waals surface area contributed by atoms with Crippen molar-refractivity contribution in [1.82, 2.24) is 10.2 Å². The van der Waals surface area contributed by atoms with Crippen LogP contribution in [0.3, 0.4) is 0 Å². The number of carbonyl (C=O) groups excluding carboxylic acids is 1. The Labute approximate surface area is 137 Å². The van der Waals surface area contributed by atoms with Crippen molar-refractivity contribution >= 4 is 18.3 Å². The van der Waals surface area contributed by atoms with Gasteiger partial charge in [-0.05, 0) is 26.0 Å². The van der Waals surface area contributed by atoms with Gasteiger partial charge in [-0.15, -0.1) is 12.4 Å². The second-order valence-electron chi connectivity index (χ2n) is 5.47. The molecule has 2 aliphatic rings. The van der Waals surface area contributed by atoms with E-state index in [1.54, 1.807) is 0 Å². The molecule has 0 aromatic heterocycles. The molecule has 3 rings (SSSR count). The largest absolute Gasteiger partial charge is 0.486 e. The molecule has 0 radical (unpaired) electrons. The number of halogens is 1. The molecule has 1 aromatic rings. The average Bonchev–Trinajstić information content (AvgIpc) is 3.01. The lowest BCUT2D eigenvalue weighted by molar-refractivity contribution is -0.132. The number of carbonyl (C=O) groups is 1. The molecule has 5 nitrogen and oxygen atoms in total. The fourth-order valence-electron chi connectivity index (χ4n) is 3.12. The van der Waals surface area contributed by atoms with Crippen LogP contribution in [0.25, 0.3) is 0 Å². The first kappa shape index (κ1) is 16.9. The maximum absolute atomic E-state index is 12.4. The molecule has 1 N–H and O–H groups in total. The molecule has 2 aliphatic heterocycles. The Morgan fingerprint density at radius 3 is 3.00 bits per heavy atom. The van der Waals surface area contributed by atoms with Crippen LogP contribution in [0.4, 0.5) is 0 Å². The molecule has 0 aliphatic carbocycles. The van der Waals surface area contributed by atoms with Gasteiger partial charge in [0.05, 0.1) is 6.04 Å². The van der Waals surface area contributed by atoms with E-state index in [4.69, 9.17) is 9.47 Å². The summed E-state index contributed by atoms with van der Waals surface area (Å²) in [4.78, 5) is 14.4. The predicted molar refractivity (Wildman–Crippen MR) is 86.9 cm³/mol. The normalized spacial score (nSPS) is 19.7. The summed E-state index contributed by atoms with van der Waals surface area (Å²) < 4.78 is 11.4. The van der Waals surface area contributed by atoms with Gasteiger partial charge in [0.2, 0.25) is 5.91 Å². The van der Waals surface area contributed by atoms with Crippen molar-refractivity contribution in [3.05, 3.63) is 23.8 Å². The molecule has 6 heteroatoms. The number of para-hydroxylation sites is 1. The zero-order chi connectivity index (χ0) is 14.7. The lowest BCUT2D eigenvalue weighted by atomic mass is 10.0. The number of ether oxygens (including phenoxy) is 2. The summed E-state index contributed by atoms with van der Waals surface area (Å²) in [7, 11) is 1.87. The summed E-state index contributed by atoms with van der Waals surface area (Å²) in [5, 5.41) is 3.03. The zero-order valence-electron chi connectivity index (χ0n) is 12.8. The van der Waals surface area contributed by atoms with E-state index in [0.717, 1.165) is 36.4 Å². The van der Waals surface area contributed by atoms with E-state index in [1.165, 1.54) is 0 Å². The third-order valence-corrected chi connectivity index (χ3v) is 4.12. The minimum absolute atomic E-state index is 0. The monoisotopic (exact) mass is 326 g/mol. The quantitative estimate of drug-likeness (QED) is 0.921. The molecule has 1 fully saturated rings. The summed E-state index contributed by atoms with van der Waals surface area (Å²) in [6.07, 6.45) is 2.57. The third kappa shape index (κ3) is 3.31. The molecule has 22 heavy (non-hydrogen) atoms. The number of nitrogens with zero attached hydrogens (tertiary/aromatic N) is 1. The van der Waals surface area contributed by atoms with Crippen LogP contribution >= 0.6 is 12.4 Å². The topological polar surface area (TPSA) is 50.8 Å². The number of hydrogen-bond acceptors (Lipinski definition) is 4. The second-order valence-corrected chi connectivity index (χ2v) is 5.47. The molecule has 1 aromatic carbocycles. The predicted octanol–water partition coefficient (Wildman–Crippen LogP) is 2.15. The van der Waals surface area contributed by atoms with Gasteiger partial charge in [0.1, 0.15) is 13.2 Å². The van der Waals surface area contributed by atoms with Crippen molar-refractivity contribution < 1.29 is 14.3 Å². The van der Waals surface area contributed by atoms with Gasteiger partial charge in [0.25, 0.3) is 0 Å². The van der Waals surface area contributed by atoms with Gasteiger partial charge in [-0.25, -0.2) is 0 Å². The highest BCUT2D eigenvalue weighted by Gasteiger charge is 2.33. The Hall–Kier alpha value is -1.46. The van der Waals surface area contributed by atoms with E-state index in [2.05, 4.69) is 11.4 Å². The Balaban J connectivity index is 0.00000176. The molecule has 1 atom stereocenters. The highest BCUT2D eigenvalue weighted by molar-refractivity contribution is 5.85.